The van der Waals surface area contributed by atoms with Crippen LogP contribution < -0.4 is 10.9 Å². The molecule has 3 rings (SSSR count). The van der Waals surface area contributed by atoms with Crippen LogP contribution in [-0.4, -0.2) is 53.0 Å². The summed E-state index contributed by atoms with van der Waals surface area (Å²) >= 11 is 6.18. The molecule has 1 saturated carbocycles. The summed E-state index contributed by atoms with van der Waals surface area (Å²) in [7, 11) is 0. The number of nitrogens with one attached hydrogen (secondary N) is 1. The highest BCUT2D eigenvalue weighted by Crippen LogP contribution is 2.51. The maximum absolute atomic E-state index is 13.4. The number of pyridine rings is 1. The van der Waals surface area contributed by atoms with Crippen molar-refractivity contribution < 1.29 is 24.2 Å². The maximum atomic E-state index is 13.4. The Morgan fingerprint density at radius 3 is 2.68 bits per heavy atom. The van der Waals surface area contributed by atoms with Gasteiger partial charge in [-0.1, -0.05) is 57.6 Å². The van der Waals surface area contributed by atoms with E-state index in [4.69, 9.17) is 21.1 Å². The van der Waals surface area contributed by atoms with Crippen molar-refractivity contribution >= 4 is 23.5 Å². The van der Waals surface area contributed by atoms with Crippen molar-refractivity contribution in [3.05, 3.63) is 33.2 Å². The normalized spacial score (nSPS) is 25.9. The van der Waals surface area contributed by atoms with Crippen molar-refractivity contribution in [2.75, 3.05) is 19.7 Å². The second-order valence-electron chi connectivity index (χ2n) is 11.0. The molecule has 9 heteroatoms. The van der Waals surface area contributed by atoms with Crippen LogP contribution in [0.4, 0.5) is 0 Å². The predicted molar refractivity (Wildman–Crippen MR) is 147 cm³/mol. The highest BCUT2D eigenvalue weighted by molar-refractivity contribution is 6.33. The van der Waals surface area contributed by atoms with E-state index in [1.807, 2.05) is 0 Å². The Hall–Kier alpha value is -1.90. The molecule has 2 aliphatic rings. The summed E-state index contributed by atoms with van der Waals surface area (Å²) in [5.41, 5.74) is -2.38. The van der Waals surface area contributed by atoms with Crippen LogP contribution in [-0.2, 0) is 20.8 Å². The second kappa shape index (κ2) is 13.9. The molecule has 214 valence electrons. The third-order valence-corrected chi connectivity index (χ3v) is 8.74. The number of carbonyl (C=O) groups excluding carboxylic acids is 2. The van der Waals surface area contributed by atoms with Gasteiger partial charge < -0.3 is 24.5 Å². The summed E-state index contributed by atoms with van der Waals surface area (Å²) in [5, 5.41) is 15.6. The molecule has 0 bridgehead atoms. The molecule has 1 aliphatic heterocycles. The van der Waals surface area contributed by atoms with E-state index in [0.717, 1.165) is 44.9 Å². The Balaban J connectivity index is 1.85. The van der Waals surface area contributed by atoms with Gasteiger partial charge in [-0.25, -0.2) is 4.79 Å². The Labute approximate surface area is 231 Å². The van der Waals surface area contributed by atoms with E-state index in [2.05, 4.69) is 19.2 Å². The monoisotopic (exact) mass is 552 g/mol. The molecule has 1 spiro atoms. The van der Waals surface area contributed by atoms with Crippen molar-refractivity contribution in [1.82, 2.24) is 9.88 Å². The quantitative estimate of drug-likeness (QED) is 0.265. The van der Waals surface area contributed by atoms with E-state index >= 15 is 0 Å². The topological polar surface area (TPSA) is 107 Å². The van der Waals surface area contributed by atoms with Gasteiger partial charge in [-0.3, -0.25) is 9.59 Å². The van der Waals surface area contributed by atoms with Gasteiger partial charge in [0.1, 0.15) is 6.10 Å². The van der Waals surface area contributed by atoms with Crippen LogP contribution >= 0.6 is 11.6 Å². The first kappa shape index (κ1) is 30.6. The number of halogens is 1. The average Bonchev–Trinajstić information content (AvgIpc) is 3.28. The summed E-state index contributed by atoms with van der Waals surface area (Å²) < 4.78 is 12.7. The van der Waals surface area contributed by atoms with E-state index in [1.165, 1.54) is 23.3 Å². The van der Waals surface area contributed by atoms with Crippen LogP contribution in [0.15, 0.2) is 17.1 Å². The van der Waals surface area contributed by atoms with Crippen LogP contribution in [0.3, 0.4) is 0 Å². The highest BCUT2D eigenvalue weighted by Gasteiger charge is 2.60. The first-order valence-electron chi connectivity index (χ1n) is 14.4. The zero-order valence-corrected chi connectivity index (χ0v) is 24.0. The molecule has 3 unspecified atom stereocenters. The molecule has 2 N–H and O–H groups in total. The van der Waals surface area contributed by atoms with E-state index in [-0.39, 0.29) is 35.6 Å². The molecule has 0 amide bonds. The van der Waals surface area contributed by atoms with Gasteiger partial charge in [0.2, 0.25) is 0 Å². The first-order chi connectivity index (χ1) is 18.2. The van der Waals surface area contributed by atoms with E-state index in [1.54, 1.807) is 6.92 Å². The number of aliphatic hydroxyl groups is 1. The molecule has 4 atom stereocenters. The molecule has 0 aromatic carbocycles. The number of rotatable bonds is 13. The fourth-order valence-corrected chi connectivity index (χ4v) is 6.52. The summed E-state index contributed by atoms with van der Waals surface area (Å²) in [6.07, 6.45) is 10.5. The number of carbonyl (C=O) groups is 2. The maximum Gasteiger partial charge on any atom is 0.341 e. The van der Waals surface area contributed by atoms with Crippen molar-refractivity contribution in [2.24, 2.45) is 11.3 Å². The predicted octanol–water partition coefficient (Wildman–Crippen LogP) is 4.87. The van der Waals surface area contributed by atoms with Crippen LogP contribution in [0.1, 0.15) is 102 Å². The standard InChI is InChI=1S/C29H45ClN2O6/c1-4-7-8-9-12-21(11-5-2)26(34)38-24-13-10-14-28(24)19-31-16-15-29(28,36)20-32-18-22(27(35)37-6-3)23(30)17-25(32)33/h17-18,21,24,31,36H,4-16,19-20H2,1-3H3/t21?,24-,28?,29?/m0/s1. The summed E-state index contributed by atoms with van der Waals surface area (Å²) in [4.78, 5) is 38.6. The number of unbranched alkanes of at least 4 members (excludes halogenated alkanes) is 3. The second-order valence-corrected chi connectivity index (χ2v) is 11.4. The Bertz CT molecular complexity index is 1010. The van der Waals surface area contributed by atoms with E-state index in [9.17, 15) is 19.5 Å². The Kier molecular flexibility index (Phi) is 11.2. The molecular weight excluding hydrogens is 508 g/mol. The smallest absolute Gasteiger partial charge is 0.341 e. The van der Waals surface area contributed by atoms with Gasteiger partial charge in [-0.15, -0.1) is 0 Å². The number of ether oxygens (including phenoxy) is 2. The number of esters is 2. The van der Waals surface area contributed by atoms with Crippen molar-refractivity contribution in [3.63, 3.8) is 0 Å². The lowest BCUT2D eigenvalue weighted by Gasteiger charge is -2.51. The number of hydrogen-bond donors (Lipinski definition) is 2. The lowest BCUT2D eigenvalue weighted by atomic mass is 9.65. The van der Waals surface area contributed by atoms with Gasteiger partial charge in [0, 0.05) is 18.8 Å². The molecule has 8 nitrogen and oxygen atoms in total. The molecule has 1 aromatic rings. The zero-order chi connectivity index (χ0) is 27.8. The molecule has 1 saturated heterocycles. The largest absolute Gasteiger partial charge is 0.462 e. The summed E-state index contributed by atoms with van der Waals surface area (Å²) in [6.45, 7) is 7.17. The average molecular weight is 553 g/mol. The molecule has 1 aromatic heterocycles. The first-order valence-corrected chi connectivity index (χ1v) is 14.8. The van der Waals surface area contributed by atoms with Crippen LogP contribution in [0, 0.1) is 11.3 Å². The van der Waals surface area contributed by atoms with Crippen LogP contribution in [0.25, 0.3) is 0 Å². The Morgan fingerprint density at radius 1 is 1.18 bits per heavy atom. The molecule has 2 fully saturated rings. The zero-order valence-electron chi connectivity index (χ0n) is 23.2. The molecule has 2 heterocycles. The summed E-state index contributed by atoms with van der Waals surface area (Å²) in [6, 6.07) is 1.19. The van der Waals surface area contributed by atoms with E-state index < -0.39 is 28.6 Å². The molecular formula is C29H45ClN2O6. The molecule has 0 radical (unpaired) electrons. The number of aromatic nitrogens is 1. The van der Waals surface area contributed by atoms with Gasteiger partial charge in [0.05, 0.1) is 40.7 Å². The summed E-state index contributed by atoms with van der Waals surface area (Å²) in [5.74, 6) is -0.923. The number of hydrogen-bond acceptors (Lipinski definition) is 7. The highest BCUT2D eigenvalue weighted by atomic mass is 35.5. The van der Waals surface area contributed by atoms with Crippen LogP contribution in [0.2, 0.25) is 5.02 Å². The van der Waals surface area contributed by atoms with Gasteiger partial charge >= 0.3 is 11.9 Å². The molecule has 38 heavy (non-hydrogen) atoms. The number of nitrogens with zero attached hydrogens (tertiary/aromatic N) is 1. The van der Waals surface area contributed by atoms with E-state index in [0.29, 0.717) is 32.4 Å². The van der Waals surface area contributed by atoms with Crippen molar-refractivity contribution in [1.29, 1.82) is 0 Å². The van der Waals surface area contributed by atoms with Gasteiger partial charge in [0.15, 0.2) is 0 Å². The number of piperidine rings is 1. The minimum atomic E-state index is -1.31. The van der Waals surface area contributed by atoms with Crippen LogP contribution in [0.5, 0.6) is 0 Å². The molecule has 1 aliphatic carbocycles. The minimum absolute atomic E-state index is 0.0188. The van der Waals surface area contributed by atoms with Gasteiger partial charge in [0.25, 0.3) is 5.56 Å². The Morgan fingerprint density at radius 2 is 1.97 bits per heavy atom. The SMILES string of the molecule is CCCCCCC(CCC)C(=O)O[C@H]1CCCC12CNCCC2(O)Cn1cc(C(=O)OCC)c(Cl)cc1=O. The lowest BCUT2D eigenvalue weighted by molar-refractivity contribution is -0.187. The fourth-order valence-electron chi connectivity index (χ4n) is 6.30. The van der Waals surface area contributed by atoms with Gasteiger partial charge in [-0.05, 0) is 52.0 Å². The third-order valence-electron chi connectivity index (χ3n) is 8.43. The lowest BCUT2D eigenvalue weighted by Crippen LogP contribution is -2.65. The van der Waals surface area contributed by atoms with Gasteiger partial charge in [-0.2, -0.15) is 0 Å². The fraction of sp³-hybridized carbons (Fsp3) is 0.759. The minimum Gasteiger partial charge on any atom is -0.462 e. The van der Waals surface area contributed by atoms with Crippen molar-refractivity contribution in [3.8, 4) is 0 Å². The third kappa shape index (κ3) is 6.80. The van der Waals surface area contributed by atoms with Crippen molar-refractivity contribution in [2.45, 2.75) is 110 Å².